The van der Waals surface area contributed by atoms with Crippen molar-refractivity contribution in [2.75, 3.05) is 55.7 Å². The number of rotatable bonds is 19. The summed E-state index contributed by atoms with van der Waals surface area (Å²) in [5.74, 6) is -1.01. The number of aryl methyl sites for hydroxylation is 1. The number of hydrogen-bond acceptors (Lipinski definition) is 9. The van der Waals surface area contributed by atoms with Crippen LogP contribution in [-0.2, 0) is 30.3 Å². The summed E-state index contributed by atoms with van der Waals surface area (Å²) in [6, 6.07) is 18.8. The molecule has 0 saturated carbocycles. The summed E-state index contributed by atoms with van der Waals surface area (Å²) in [4.78, 5) is 50.0. The Morgan fingerprint density at radius 2 is 1.58 bits per heavy atom. The van der Waals surface area contributed by atoms with E-state index in [2.05, 4.69) is 64.2 Å². The van der Waals surface area contributed by atoms with E-state index in [1.807, 2.05) is 6.07 Å². The monoisotopic (exact) mass is 686 g/mol. The normalized spacial score (nSPS) is 15.5. The molecule has 3 aromatic rings. The molecule has 2 aromatic carbocycles. The maximum atomic E-state index is 13.2. The van der Waals surface area contributed by atoms with Crippen LogP contribution in [0.3, 0.4) is 0 Å². The van der Waals surface area contributed by atoms with Gasteiger partial charge in [0.15, 0.2) is 0 Å². The van der Waals surface area contributed by atoms with Crippen LogP contribution in [0.15, 0.2) is 54.6 Å². The molecular formula is C40H54N4O6. The van der Waals surface area contributed by atoms with E-state index in [0.717, 1.165) is 70.4 Å². The third-order valence-electron chi connectivity index (χ3n) is 9.58. The Labute approximate surface area is 297 Å². The topological polar surface area (TPSA) is 102 Å². The number of fused-ring (bicyclic) bond motifs is 2. The molecule has 0 aliphatic carbocycles. The number of unbranched alkanes of at least 4 members (excludes halogenated alkanes) is 7. The van der Waals surface area contributed by atoms with Gasteiger partial charge in [0, 0.05) is 56.2 Å². The molecule has 270 valence electrons. The Kier molecular flexibility index (Phi) is 14.3. The number of carbonyl (C=O) groups is 3. The minimum absolute atomic E-state index is 0.0933. The molecule has 10 nitrogen and oxygen atoms in total. The van der Waals surface area contributed by atoms with Crippen LogP contribution in [-0.4, -0.2) is 79.9 Å². The van der Waals surface area contributed by atoms with Crippen LogP contribution >= 0.6 is 0 Å². The van der Waals surface area contributed by atoms with E-state index >= 15 is 0 Å². The van der Waals surface area contributed by atoms with Gasteiger partial charge in [-0.15, -0.1) is 0 Å². The molecule has 1 atom stereocenters. The highest BCUT2D eigenvalue weighted by molar-refractivity contribution is 6.01. The van der Waals surface area contributed by atoms with Crippen molar-refractivity contribution < 1.29 is 28.6 Å². The second-order valence-corrected chi connectivity index (χ2v) is 13.2. The summed E-state index contributed by atoms with van der Waals surface area (Å²) < 4.78 is 16.9. The lowest BCUT2D eigenvalue weighted by molar-refractivity contribution is -0.168. The number of piperazine rings is 1. The van der Waals surface area contributed by atoms with Crippen molar-refractivity contribution >= 4 is 40.1 Å². The molecule has 1 fully saturated rings. The van der Waals surface area contributed by atoms with E-state index in [0.29, 0.717) is 25.3 Å². The van der Waals surface area contributed by atoms with Gasteiger partial charge in [-0.3, -0.25) is 14.5 Å². The fraction of sp³-hybridized carbons (Fsp3) is 0.550. The third kappa shape index (κ3) is 10.2. The minimum Gasteiger partial charge on any atom is -0.478 e. The highest BCUT2D eigenvalue weighted by Gasteiger charge is 2.40. The van der Waals surface area contributed by atoms with Crippen molar-refractivity contribution in [2.45, 2.75) is 97.1 Å². The van der Waals surface area contributed by atoms with E-state index in [-0.39, 0.29) is 31.2 Å². The third-order valence-corrected chi connectivity index (χ3v) is 9.58. The van der Waals surface area contributed by atoms with Gasteiger partial charge in [0.05, 0.1) is 13.2 Å². The van der Waals surface area contributed by atoms with Gasteiger partial charge in [-0.2, -0.15) is 4.98 Å². The number of esters is 2. The van der Waals surface area contributed by atoms with Crippen LogP contribution in [0, 0.1) is 0 Å². The first kappa shape index (κ1) is 37.1. The van der Waals surface area contributed by atoms with Gasteiger partial charge in [-0.1, -0.05) is 81.8 Å². The van der Waals surface area contributed by atoms with Crippen LogP contribution in [0.5, 0.6) is 5.88 Å². The van der Waals surface area contributed by atoms with E-state index in [1.165, 1.54) is 40.6 Å². The average Bonchev–Trinajstić information content (AvgIpc) is 3.13. The molecule has 2 aliphatic heterocycles. The fourth-order valence-electron chi connectivity index (χ4n) is 6.81. The van der Waals surface area contributed by atoms with Gasteiger partial charge in [0.2, 0.25) is 11.8 Å². The Morgan fingerprint density at radius 1 is 0.820 bits per heavy atom. The van der Waals surface area contributed by atoms with Crippen molar-refractivity contribution in [2.24, 2.45) is 0 Å². The van der Waals surface area contributed by atoms with Crippen molar-refractivity contribution in [3.8, 4) is 5.88 Å². The Balaban J connectivity index is 1.10. The van der Waals surface area contributed by atoms with Crippen LogP contribution in [0.2, 0.25) is 0 Å². The smallest absolute Gasteiger partial charge is 0.369 e. The molecule has 1 unspecified atom stereocenters. The van der Waals surface area contributed by atoms with E-state index in [4.69, 9.17) is 14.2 Å². The summed E-state index contributed by atoms with van der Waals surface area (Å²) in [6.07, 6.45) is 8.55. The summed E-state index contributed by atoms with van der Waals surface area (Å²) in [7, 11) is 0. The molecular weight excluding hydrogens is 632 g/mol. The lowest BCUT2D eigenvalue weighted by Gasteiger charge is -2.36. The van der Waals surface area contributed by atoms with Gasteiger partial charge in [0.25, 0.3) is 6.23 Å². The number of ether oxygens (including phenoxy) is 3. The van der Waals surface area contributed by atoms with Crippen molar-refractivity contribution in [3.63, 3.8) is 0 Å². The van der Waals surface area contributed by atoms with Gasteiger partial charge < -0.3 is 19.1 Å². The number of aromatic nitrogens is 1. The molecule has 0 N–H and O–H groups in total. The first-order valence-electron chi connectivity index (χ1n) is 18.7. The quantitative estimate of drug-likeness (QED) is 0.0968. The molecule has 0 spiro atoms. The SMILES string of the molecule is CCCCCCCCCC(=O)OC(C(=O)OCC)N1C(=O)CCc2ccc(OCCCCN3CCN(c4cccc5ccccc45)CC3)nc21. The van der Waals surface area contributed by atoms with Crippen molar-refractivity contribution in [3.05, 3.63) is 60.2 Å². The van der Waals surface area contributed by atoms with Crippen LogP contribution in [0.4, 0.5) is 11.5 Å². The number of benzene rings is 2. The zero-order valence-corrected chi connectivity index (χ0v) is 29.9. The second-order valence-electron chi connectivity index (χ2n) is 13.2. The lowest BCUT2D eigenvalue weighted by Crippen LogP contribution is -2.51. The molecule has 0 bridgehead atoms. The Hall–Kier alpha value is -4.18. The van der Waals surface area contributed by atoms with Gasteiger partial charge in [-0.05, 0) is 62.2 Å². The summed E-state index contributed by atoms with van der Waals surface area (Å²) in [5.41, 5.74) is 2.10. The number of hydrogen-bond donors (Lipinski definition) is 0. The van der Waals surface area contributed by atoms with Gasteiger partial charge in [0.1, 0.15) is 5.82 Å². The zero-order chi connectivity index (χ0) is 35.1. The number of carbonyl (C=O) groups excluding carboxylic acids is 3. The average molecular weight is 687 g/mol. The molecule has 1 saturated heterocycles. The standard InChI is InChI=1S/C40H54N4O6/c1-3-5-6-7-8-9-10-20-37(46)50-39(40(47)48-4-2)44-36(45)24-22-32-21-23-35(41-38(32)44)49-30-14-13-25-42-26-28-43(29-27-42)34-19-15-17-31-16-11-12-18-33(31)34/h11-12,15-19,21,23,39H,3-10,13-14,20,22,24-30H2,1-2H3. The van der Waals surface area contributed by atoms with E-state index in [9.17, 15) is 14.4 Å². The number of amides is 1. The van der Waals surface area contributed by atoms with Crippen molar-refractivity contribution in [1.82, 2.24) is 9.88 Å². The molecule has 0 radical (unpaired) electrons. The molecule has 10 heteroatoms. The summed E-state index contributed by atoms with van der Waals surface area (Å²) >= 11 is 0. The molecule has 50 heavy (non-hydrogen) atoms. The number of nitrogens with zero attached hydrogens (tertiary/aromatic N) is 4. The summed E-state index contributed by atoms with van der Waals surface area (Å²) in [5, 5.41) is 2.58. The van der Waals surface area contributed by atoms with Crippen LogP contribution < -0.4 is 14.5 Å². The van der Waals surface area contributed by atoms with E-state index in [1.54, 1.807) is 13.0 Å². The fourth-order valence-corrected chi connectivity index (χ4v) is 6.81. The zero-order valence-electron chi connectivity index (χ0n) is 29.9. The predicted molar refractivity (Wildman–Crippen MR) is 196 cm³/mol. The predicted octanol–water partition coefficient (Wildman–Crippen LogP) is 7.07. The molecule has 2 aliphatic rings. The first-order chi connectivity index (χ1) is 24.5. The minimum atomic E-state index is -1.53. The number of anilines is 2. The molecule has 1 amide bonds. The Morgan fingerprint density at radius 3 is 2.38 bits per heavy atom. The van der Waals surface area contributed by atoms with Gasteiger partial charge in [-0.25, -0.2) is 9.69 Å². The highest BCUT2D eigenvalue weighted by Crippen LogP contribution is 2.31. The maximum Gasteiger partial charge on any atom is 0.369 e. The van der Waals surface area contributed by atoms with E-state index < -0.39 is 18.2 Å². The highest BCUT2D eigenvalue weighted by atomic mass is 16.6. The lowest BCUT2D eigenvalue weighted by atomic mass is 10.0. The van der Waals surface area contributed by atoms with Crippen molar-refractivity contribution in [1.29, 1.82) is 0 Å². The maximum absolute atomic E-state index is 13.2. The first-order valence-corrected chi connectivity index (χ1v) is 18.7. The molecule has 1 aromatic heterocycles. The second kappa shape index (κ2) is 19.3. The Bertz CT molecular complexity index is 1550. The largest absolute Gasteiger partial charge is 0.478 e. The van der Waals surface area contributed by atoms with Gasteiger partial charge >= 0.3 is 11.9 Å². The van der Waals surface area contributed by atoms with Crippen LogP contribution in [0.1, 0.15) is 90.0 Å². The van der Waals surface area contributed by atoms with Crippen LogP contribution in [0.25, 0.3) is 10.8 Å². The molecule has 3 heterocycles. The number of pyridine rings is 1. The molecule has 5 rings (SSSR count). The summed E-state index contributed by atoms with van der Waals surface area (Å²) in [6.45, 7) is 9.47.